The Morgan fingerprint density at radius 2 is 1.77 bits per heavy atom. The summed E-state index contributed by atoms with van der Waals surface area (Å²) in [7, 11) is -3.52. The van der Waals surface area contributed by atoms with Crippen molar-refractivity contribution in [3.05, 3.63) is 69.2 Å². The number of benzene rings is 2. The Morgan fingerprint density at radius 1 is 1.13 bits per heavy atom. The minimum absolute atomic E-state index is 0.0233. The predicted octanol–water partition coefficient (Wildman–Crippen LogP) is 4.98. The van der Waals surface area contributed by atoms with Crippen LogP contribution >= 0.6 is 23.2 Å². The van der Waals surface area contributed by atoms with Crippen LogP contribution in [0.5, 0.6) is 0 Å². The fourth-order valence-electron chi connectivity index (χ4n) is 3.78. The molecule has 3 rings (SSSR count). The standard InChI is InChI=1S/C23H28Cl2N2O3S/c1-3-17-4-6-18(7-5-17)16(2)26-23(28)19-10-12-27(13-11-19)31(29,30)15-20-8-9-21(24)14-22(20)25/h4-9,14,16,19H,3,10-13,15H2,1-2H3,(H,26,28)/t16-/m1/s1. The van der Waals surface area contributed by atoms with E-state index in [1.165, 1.54) is 9.87 Å². The summed E-state index contributed by atoms with van der Waals surface area (Å²) in [5.41, 5.74) is 2.84. The van der Waals surface area contributed by atoms with Crippen molar-refractivity contribution in [3.8, 4) is 0 Å². The van der Waals surface area contributed by atoms with Gasteiger partial charge in [-0.25, -0.2) is 12.7 Å². The number of hydrogen-bond acceptors (Lipinski definition) is 3. The number of sulfonamides is 1. The van der Waals surface area contributed by atoms with Crippen LogP contribution in [0.25, 0.3) is 0 Å². The van der Waals surface area contributed by atoms with Crippen LogP contribution in [0.1, 0.15) is 49.4 Å². The number of carbonyl (C=O) groups excluding carboxylic acids is 1. The summed E-state index contributed by atoms with van der Waals surface area (Å²) in [6.07, 6.45) is 1.98. The minimum atomic E-state index is -3.52. The average Bonchev–Trinajstić information content (AvgIpc) is 2.75. The van der Waals surface area contributed by atoms with E-state index < -0.39 is 10.0 Å². The normalized spacial score (nSPS) is 16.8. The molecule has 2 aromatic carbocycles. The molecule has 0 aromatic heterocycles. The van der Waals surface area contributed by atoms with Gasteiger partial charge in [0.25, 0.3) is 0 Å². The first kappa shape index (κ1) is 24.1. The molecule has 2 aromatic rings. The van der Waals surface area contributed by atoms with Crippen molar-refractivity contribution >= 4 is 39.1 Å². The molecule has 8 heteroatoms. The molecule has 31 heavy (non-hydrogen) atoms. The molecule has 1 N–H and O–H groups in total. The molecule has 0 radical (unpaired) electrons. The van der Waals surface area contributed by atoms with E-state index in [2.05, 4.69) is 24.4 Å². The van der Waals surface area contributed by atoms with Crippen molar-refractivity contribution in [2.75, 3.05) is 13.1 Å². The van der Waals surface area contributed by atoms with Crippen molar-refractivity contribution in [2.24, 2.45) is 5.92 Å². The fourth-order valence-corrected chi connectivity index (χ4v) is 5.93. The van der Waals surface area contributed by atoms with Gasteiger partial charge >= 0.3 is 0 Å². The lowest BCUT2D eigenvalue weighted by Crippen LogP contribution is -2.43. The maximum absolute atomic E-state index is 12.8. The van der Waals surface area contributed by atoms with Crippen LogP contribution in [-0.4, -0.2) is 31.7 Å². The molecule has 1 aliphatic rings. The molecule has 0 spiro atoms. The molecular weight excluding hydrogens is 455 g/mol. The van der Waals surface area contributed by atoms with Crippen molar-refractivity contribution < 1.29 is 13.2 Å². The third-order valence-electron chi connectivity index (χ3n) is 5.82. The molecule has 1 aliphatic heterocycles. The summed E-state index contributed by atoms with van der Waals surface area (Å²) in [4.78, 5) is 12.7. The van der Waals surface area contributed by atoms with Gasteiger partial charge in [-0.15, -0.1) is 0 Å². The number of rotatable bonds is 7. The molecular formula is C23H28Cl2N2O3S. The zero-order valence-corrected chi connectivity index (χ0v) is 20.1. The van der Waals surface area contributed by atoms with Crippen LogP contribution in [-0.2, 0) is 27.0 Å². The molecule has 1 atom stereocenters. The highest BCUT2D eigenvalue weighted by atomic mass is 35.5. The number of carbonyl (C=O) groups is 1. The van der Waals surface area contributed by atoms with E-state index in [0.717, 1.165) is 12.0 Å². The smallest absolute Gasteiger partial charge is 0.223 e. The second-order valence-corrected chi connectivity index (χ2v) is 10.8. The topological polar surface area (TPSA) is 66.5 Å². The Hall–Kier alpha value is -1.60. The van der Waals surface area contributed by atoms with Gasteiger partial charge < -0.3 is 5.32 Å². The van der Waals surface area contributed by atoms with Gasteiger partial charge in [-0.2, -0.15) is 0 Å². The van der Waals surface area contributed by atoms with Crippen molar-refractivity contribution in [2.45, 2.75) is 44.9 Å². The maximum atomic E-state index is 12.8. The van der Waals surface area contributed by atoms with Gasteiger partial charge in [-0.05, 0) is 55.0 Å². The highest BCUT2D eigenvalue weighted by molar-refractivity contribution is 7.88. The Labute approximate surface area is 194 Å². The predicted molar refractivity (Wildman–Crippen MR) is 126 cm³/mol. The van der Waals surface area contributed by atoms with E-state index in [4.69, 9.17) is 23.2 Å². The summed E-state index contributed by atoms with van der Waals surface area (Å²) < 4.78 is 27.1. The largest absolute Gasteiger partial charge is 0.349 e. The number of halogens is 2. The first-order valence-electron chi connectivity index (χ1n) is 10.5. The quantitative estimate of drug-likeness (QED) is 0.605. The van der Waals surface area contributed by atoms with Crippen LogP contribution in [0.15, 0.2) is 42.5 Å². The first-order valence-corrected chi connectivity index (χ1v) is 12.9. The van der Waals surface area contributed by atoms with Gasteiger partial charge in [0.1, 0.15) is 0 Å². The minimum Gasteiger partial charge on any atom is -0.349 e. The number of amides is 1. The van der Waals surface area contributed by atoms with E-state index >= 15 is 0 Å². The lowest BCUT2D eigenvalue weighted by Gasteiger charge is -2.31. The highest BCUT2D eigenvalue weighted by Crippen LogP contribution is 2.27. The van der Waals surface area contributed by atoms with Crippen LogP contribution in [0.4, 0.5) is 0 Å². The third-order valence-corrected chi connectivity index (χ3v) is 8.23. The molecule has 0 saturated carbocycles. The van der Waals surface area contributed by atoms with Crippen LogP contribution < -0.4 is 5.32 Å². The molecule has 1 fully saturated rings. The summed E-state index contributed by atoms with van der Waals surface area (Å²) in [5, 5.41) is 3.88. The lowest BCUT2D eigenvalue weighted by molar-refractivity contribution is -0.126. The average molecular weight is 483 g/mol. The zero-order valence-electron chi connectivity index (χ0n) is 17.8. The number of nitrogens with zero attached hydrogens (tertiary/aromatic N) is 1. The SMILES string of the molecule is CCc1ccc([C@@H](C)NC(=O)C2CCN(S(=O)(=O)Cc3ccc(Cl)cc3Cl)CC2)cc1. The summed E-state index contributed by atoms with van der Waals surface area (Å²) in [6, 6.07) is 13.0. The van der Waals surface area contributed by atoms with Crippen molar-refractivity contribution in [3.63, 3.8) is 0 Å². The van der Waals surface area contributed by atoms with Gasteiger partial charge in [0.2, 0.25) is 15.9 Å². The van der Waals surface area contributed by atoms with Gasteiger partial charge in [-0.3, -0.25) is 4.79 Å². The fraction of sp³-hybridized carbons (Fsp3) is 0.435. The molecule has 0 aliphatic carbocycles. The Balaban J connectivity index is 1.54. The maximum Gasteiger partial charge on any atom is 0.223 e. The van der Waals surface area contributed by atoms with Gasteiger partial charge in [0, 0.05) is 29.1 Å². The molecule has 1 amide bonds. The Bertz CT molecular complexity index is 1020. The van der Waals surface area contributed by atoms with Crippen molar-refractivity contribution in [1.82, 2.24) is 9.62 Å². The monoisotopic (exact) mass is 482 g/mol. The van der Waals surface area contributed by atoms with E-state index in [9.17, 15) is 13.2 Å². The number of nitrogens with one attached hydrogen (secondary N) is 1. The summed E-state index contributed by atoms with van der Waals surface area (Å²) in [6.45, 7) is 4.72. The molecule has 168 valence electrons. The highest BCUT2D eigenvalue weighted by Gasteiger charge is 2.32. The van der Waals surface area contributed by atoms with Crippen molar-refractivity contribution in [1.29, 1.82) is 0 Å². The summed E-state index contributed by atoms with van der Waals surface area (Å²) >= 11 is 12.0. The Morgan fingerprint density at radius 3 is 2.35 bits per heavy atom. The lowest BCUT2D eigenvalue weighted by atomic mass is 9.96. The second-order valence-electron chi connectivity index (χ2n) is 7.99. The number of hydrogen-bond donors (Lipinski definition) is 1. The molecule has 1 heterocycles. The van der Waals surface area contributed by atoms with E-state index in [0.29, 0.717) is 41.5 Å². The molecule has 5 nitrogen and oxygen atoms in total. The zero-order chi connectivity index (χ0) is 22.6. The van der Waals surface area contributed by atoms with Crippen LogP contribution in [0.2, 0.25) is 10.0 Å². The first-order chi connectivity index (χ1) is 14.7. The molecule has 0 bridgehead atoms. The van der Waals surface area contributed by atoms with Gasteiger partial charge in [0.15, 0.2) is 0 Å². The van der Waals surface area contributed by atoms with E-state index in [1.807, 2.05) is 19.1 Å². The van der Waals surface area contributed by atoms with Gasteiger partial charge in [0.05, 0.1) is 11.8 Å². The third kappa shape index (κ3) is 6.22. The van der Waals surface area contributed by atoms with Crippen LogP contribution in [0, 0.1) is 5.92 Å². The van der Waals surface area contributed by atoms with E-state index in [1.54, 1.807) is 18.2 Å². The Kier molecular flexibility index (Phi) is 8.03. The van der Waals surface area contributed by atoms with Crippen LogP contribution in [0.3, 0.4) is 0 Å². The molecule has 1 saturated heterocycles. The van der Waals surface area contributed by atoms with E-state index in [-0.39, 0.29) is 23.6 Å². The number of piperidine rings is 1. The summed E-state index contributed by atoms with van der Waals surface area (Å²) in [5.74, 6) is -0.391. The molecule has 0 unspecified atom stereocenters. The number of aryl methyl sites for hydroxylation is 1. The van der Waals surface area contributed by atoms with Gasteiger partial charge in [-0.1, -0.05) is 60.5 Å². The second kappa shape index (κ2) is 10.3.